The van der Waals surface area contributed by atoms with Crippen molar-refractivity contribution in [2.75, 3.05) is 14.2 Å². The third kappa shape index (κ3) is 4.14. The summed E-state index contributed by atoms with van der Waals surface area (Å²) in [5, 5.41) is 0. The van der Waals surface area contributed by atoms with E-state index in [2.05, 4.69) is 11.6 Å². The summed E-state index contributed by atoms with van der Waals surface area (Å²) in [6, 6.07) is 3.50. The molecule has 5 nitrogen and oxygen atoms in total. The molecule has 1 saturated carbocycles. The Morgan fingerprint density at radius 3 is 2.45 bits per heavy atom. The monoisotopic (exact) mass is 327 g/mol. The highest BCUT2D eigenvalue weighted by molar-refractivity contribution is 7.89. The fourth-order valence-corrected chi connectivity index (χ4v) is 4.14. The molecule has 1 fully saturated rings. The number of rotatable bonds is 9. The standard InChI is InChI=1S/C16H25NO4S/c1-4-5-6-7-12-10-14(20-2)11-15(21-3)16(12)22(18,19)17-13-8-9-13/h10-11,13,17H,4-9H2,1-3H3. The van der Waals surface area contributed by atoms with Crippen LogP contribution in [0.1, 0.15) is 44.6 Å². The molecule has 0 radical (unpaired) electrons. The maximum absolute atomic E-state index is 12.7. The van der Waals surface area contributed by atoms with Gasteiger partial charge < -0.3 is 9.47 Å². The number of hydrogen-bond acceptors (Lipinski definition) is 4. The number of hydrogen-bond donors (Lipinski definition) is 1. The van der Waals surface area contributed by atoms with Crippen LogP contribution in [0.4, 0.5) is 0 Å². The van der Waals surface area contributed by atoms with Crippen LogP contribution in [0.3, 0.4) is 0 Å². The van der Waals surface area contributed by atoms with Gasteiger partial charge in [-0.05, 0) is 37.3 Å². The summed E-state index contributed by atoms with van der Waals surface area (Å²) in [6.07, 6.45) is 5.60. The maximum Gasteiger partial charge on any atom is 0.244 e. The van der Waals surface area contributed by atoms with Crippen molar-refractivity contribution in [2.45, 2.75) is 56.4 Å². The van der Waals surface area contributed by atoms with Crippen molar-refractivity contribution in [1.82, 2.24) is 4.72 Å². The first-order valence-electron chi connectivity index (χ1n) is 7.79. The van der Waals surface area contributed by atoms with E-state index in [0.29, 0.717) is 17.9 Å². The Hall–Kier alpha value is -1.27. The molecule has 1 aromatic rings. The molecule has 0 bridgehead atoms. The zero-order valence-electron chi connectivity index (χ0n) is 13.5. The molecule has 124 valence electrons. The summed E-state index contributed by atoms with van der Waals surface area (Å²) in [5.41, 5.74) is 0.762. The molecule has 1 aromatic carbocycles. The van der Waals surface area contributed by atoms with Gasteiger partial charge in [0.25, 0.3) is 0 Å². The average molecular weight is 327 g/mol. The van der Waals surface area contributed by atoms with Crippen LogP contribution in [-0.2, 0) is 16.4 Å². The van der Waals surface area contributed by atoms with Crippen molar-refractivity contribution in [3.8, 4) is 11.5 Å². The minimum absolute atomic E-state index is 0.0697. The molecule has 0 atom stereocenters. The van der Waals surface area contributed by atoms with E-state index < -0.39 is 10.0 Å². The van der Waals surface area contributed by atoms with E-state index >= 15 is 0 Å². The topological polar surface area (TPSA) is 64.6 Å². The van der Waals surface area contributed by atoms with Crippen molar-refractivity contribution in [3.05, 3.63) is 17.7 Å². The number of ether oxygens (including phenoxy) is 2. The van der Waals surface area contributed by atoms with Gasteiger partial charge in [0.05, 0.1) is 14.2 Å². The molecule has 0 aromatic heterocycles. The van der Waals surface area contributed by atoms with Gasteiger partial charge in [0.2, 0.25) is 10.0 Å². The lowest BCUT2D eigenvalue weighted by Crippen LogP contribution is -2.27. The predicted molar refractivity (Wildman–Crippen MR) is 86.1 cm³/mol. The molecule has 6 heteroatoms. The molecular weight excluding hydrogens is 302 g/mol. The Morgan fingerprint density at radius 1 is 1.18 bits per heavy atom. The van der Waals surface area contributed by atoms with Crippen molar-refractivity contribution in [1.29, 1.82) is 0 Å². The predicted octanol–water partition coefficient (Wildman–Crippen LogP) is 2.88. The summed E-state index contributed by atoms with van der Waals surface area (Å²) in [4.78, 5) is 0.263. The van der Waals surface area contributed by atoms with Gasteiger partial charge in [-0.2, -0.15) is 0 Å². The van der Waals surface area contributed by atoms with Crippen LogP contribution < -0.4 is 14.2 Å². The minimum Gasteiger partial charge on any atom is -0.497 e. The first-order chi connectivity index (χ1) is 10.5. The lowest BCUT2D eigenvalue weighted by Gasteiger charge is -2.16. The maximum atomic E-state index is 12.7. The number of nitrogens with one attached hydrogen (secondary N) is 1. The second-order valence-corrected chi connectivity index (χ2v) is 7.32. The molecule has 0 saturated heterocycles. The van der Waals surface area contributed by atoms with E-state index in [4.69, 9.17) is 9.47 Å². The van der Waals surface area contributed by atoms with E-state index in [1.807, 2.05) is 0 Å². The molecule has 22 heavy (non-hydrogen) atoms. The minimum atomic E-state index is -3.56. The van der Waals surface area contributed by atoms with Gasteiger partial charge in [0, 0.05) is 12.1 Å². The number of benzene rings is 1. The van der Waals surface area contributed by atoms with Gasteiger partial charge in [-0.1, -0.05) is 19.8 Å². The Morgan fingerprint density at radius 2 is 1.91 bits per heavy atom. The average Bonchev–Trinajstić information content (AvgIpc) is 3.29. The van der Waals surface area contributed by atoms with Gasteiger partial charge in [0.1, 0.15) is 16.4 Å². The van der Waals surface area contributed by atoms with Gasteiger partial charge in [0.15, 0.2) is 0 Å². The normalized spacial score (nSPS) is 14.9. The van der Waals surface area contributed by atoms with E-state index in [1.54, 1.807) is 19.2 Å². The fraction of sp³-hybridized carbons (Fsp3) is 0.625. The molecule has 1 aliphatic rings. The number of methoxy groups -OCH3 is 2. The largest absolute Gasteiger partial charge is 0.497 e. The van der Waals surface area contributed by atoms with E-state index in [-0.39, 0.29) is 10.9 Å². The summed E-state index contributed by atoms with van der Waals surface area (Å²) in [7, 11) is -0.506. The highest BCUT2D eigenvalue weighted by Gasteiger charge is 2.31. The summed E-state index contributed by atoms with van der Waals surface area (Å²) < 4.78 is 38.7. The fourth-order valence-electron chi connectivity index (χ4n) is 2.44. The number of aryl methyl sites for hydroxylation is 1. The Balaban J connectivity index is 2.42. The van der Waals surface area contributed by atoms with Crippen molar-refractivity contribution < 1.29 is 17.9 Å². The zero-order valence-corrected chi connectivity index (χ0v) is 14.3. The van der Waals surface area contributed by atoms with Crippen molar-refractivity contribution in [2.24, 2.45) is 0 Å². The lowest BCUT2D eigenvalue weighted by atomic mass is 10.1. The Labute approximate surface area is 133 Å². The van der Waals surface area contributed by atoms with Gasteiger partial charge in [-0.25, -0.2) is 13.1 Å². The molecule has 1 N–H and O–H groups in total. The van der Waals surface area contributed by atoms with E-state index in [9.17, 15) is 8.42 Å². The molecule has 0 unspecified atom stereocenters. The summed E-state index contributed by atoms with van der Waals surface area (Å²) >= 11 is 0. The van der Waals surface area contributed by atoms with Crippen molar-refractivity contribution >= 4 is 10.0 Å². The molecule has 0 amide bonds. The smallest absolute Gasteiger partial charge is 0.244 e. The molecular formula is C16H25NO4S. The SMILES string of the molecule is CCCCCc1cc(OC)cc(OC)c1S(=O)(=O)NC1CC1. The van der Waals surface area contributed by atoms with Crippen LogP contribution >= 0.6 is 0 Å². The highest BCUT2D eigenvalue weighted by Crippen LogP contribution is 2.35. The molecule has 0 spiro atoms. The van der Waals surface area contributed by atoms with Gasteiger partial charge in [-0.15, -0.1) is 0 Å². The van der Waals surface area contributed by atoms with E-state index in [1.165, 1.54) is 7.11 Å². The number of unbranched alkanes of at least 4 members (excludes halogenated alkanes) is 2. The highest BCUT2D eigenvalue weighted by atomic mass is 32.2. The van der Waals surface area contributed by atoms with Crippen molar-refractivity contribution in [3.63, 3.8) is 0 Å². The summed E-state index contributed by atoms with van der Waals surface area (Å²) in [5.74, 6) is 0.965. The molecule has 0 heterocycles. The number of sulfonamides is 1. The first kappa shape index (κ1) is 17.1. The van der Waals surface area contributed by atoms with Crippen LogP contribution in [0, 0.1) is 0 Å². The van der Waals surface area contributed by atoms with Gasteiger partial charge >= 0.3 is 0 Å². The van der Waals surface area contributed by atoms with Gasteiger partial charge in [-0.3, -0.25) is 0 Å². The molecule has 1 aliphatic carbocycles. The third-order valence-electron chi connectivity index (χ3n) is 3.78. The second-order valence-electron chi connectivity index (χ2n) is 5.67. The Kier molecular flexibility index (Phi) is 5.69. The van der Waals surface area contributed by atoms with E-state index in [0.717, 1.165) is 37.7 Å². The van der Waals surface area contributed by atoms with Crippen LogP contribution in [0.25, 0.3) is 0 Å². The second kappa shape index (κ2) is 7.33. The van der Waals surface area contributed by atoms with Crippen LogP contribution in [0.15, 0.2) is 17.0 Å². The van der Waals surface area contributed by atoms with Crippen LogP contribution in [-0.4, -0.2) is 28.7 Å². The molecule has 0 aliphatic heterocycles. The first-order valence-corrected chi connectivity index (χ1v) is 9.27. The molecule has 2 rings (SSSR count). The summed E-state index contributed by atoms with van der Waals surface area (Å²) in [6.45, 7) is 2.12. The third-order valence-corrected chi connectivity index (χ3v) is 5.42. The zero-order chi connectivity index (χ0) is 16.2. The van der Waals surface area contributed by atoms with Crippen LogP contribution in [0.5, 0.6) is 11.5 Å². The Bertz CT molecular complexity index is 609. The van der Waals surface area contributed by atoms with Crippen LogP contribution in [0.2, 0.25) is 0 Å². The quantitative estimate of drug-likeness (QED) is 0.708. The lowest BCUT2D eigenvalue weighted by molar-refractivity contribution is 0.384.